The van der Waals surface area contributed by atoms with Crippen LogP contribution in [0.25, 0.3) is 27.8 Å². The molecule has 1 aliphatic rings. The number of nitrogens with zero attached hydrogens (tertiary/aromatic N) is 6. The molecule has 83 heavy (non-hydrogen) atoms. The highest BCUT2D eigenvalue weighted by Gasteiger charge is 2.36. The lowest BCUT2D eigenvalue weighted by Gasteiger charge is -2.22. The molecule has 434 valence electrons. The minimum Gasteiger partial charge on any atom is -0.378 e. The zero-order chi connectivity index (χ0) is 59.2. The Bertz CT molecular complexity index is 3770. The fourth-order valence-electron chi connectivity index (χ4n) is 10.3. The van der Waals surface area contributed by atoms with E-state index in [0.29, 0.717) is 42.7 Å². The molecule has 1 fully saturated rings. The molecule has 1 atom stereocenters. The second-order valence-corrected chi connectivity index (χ2v) is 21.4. The van der Waals surface area contributed by atoms with E-state index in [-0.39, 0.29) is 28.9 Å². The van der Waals surface area contributed by atoms with Crippen molar-refractivity contribution in [2.24, 2.45) is 0 Å². The first-order chi connectivity index (χ1) is 39.6. The van der Waals surface area contributed by atoms with Crippen molar-refractivity contribution < 1.29 is 45.4 Å². The van der Waals surface area contributed by atoms with Gasteiger partial charge in [0.25, 0.3) is 11.8 Å². The summed E-state index contributed by atoms with van der Waals surface area (Å²) >= 11 is 0. The molecule has 10 rings (SSSR count). The van der Waals surface area contributed by atoms with Crippen LogP contribution in [0.3, 0.4) is 0 Å². The molecule has 0 saturated carbocycles. The molecule has 4 aromatic carbocycles. The Hall–Kier alpha value is -8.17. The Labute approximate surface area is 477 Å². The zero-order valence-corrected chi connectivity index (χ0v) is 47.3. The van der Waals surface area contributed by atoms with Crippen LogP contribution in [0.1, 0.15) is 94.3 Å². The van der Waals surface area contributed by atoms with Crippen LogP contribution >= 0.6 is 0 Å². The number of pyridine rings is 2. The Morgan fingerprint density at radius 2 is 1.22 bits per heavy atom. The summed E-state index contributed by atoms with van der Waals surface area (Å²) < 4.78 is 94.9. The predicted molar refractivity (Wildman–Crippen MR) is 309 cm³/mol. The van der Waals surface area contributed by atoms with Crippen molar-refractivity contribution in [2.75, 3.05) is 52.0 Å². The Kier molecular flexibility index (Phi) is 18.3. The van der Waals surface area contributed by atoms with Crippen molar-refractivity contribution in [3.8, 4) is 5.69 Å². The Morgan fingerprint density at radius 3 is 1.71 bits per heavy atom. The number of aromatic nitrogens is 6. The largest absolute Gasteiger partial charge is 0.416 e. The summed E-state index contributed by atoms with van der Waals surface area (Å²) in [6.07, 6.45) is 1.35. The second kappa shape index (κ2) is 25.5. The van der Waals surface area contributed by atoms with Crippen LogP contribution in [0, 0.1) is 20.8 Å². The van der Waals surface area contributed by atoms with Gasteiger partial charge in [-0.1, -0.05) is 18.2 Å². The number of aryl methyl sites for hydroxylation is 7. The molecule has 1 aliphatic heterocycles. The first-order valence-electron chi connectivity index (χ1n) is 27.1. The van der Waals surface area contributed by atoms with E-state index in [1.54, 1.807) is 39.5 Å². The number of hydrogen-bond acceptors (Lipinski definition) is 9. The van der Waals surface area contributed by atoms with E-state index >= 15 is 0 Å². The molecule has 6 heterocycles. The number of aromatic amines is 2. The van der Waals surface area contributed by atoms with Gasteiger partial charge in [-0.2, -0.15) is 26.3 Å². The molecule has 5 aromatic heterocycles. The number of ether oxygens (including phenoxy) is 2. The standard InChI is InChI=1S/C33H38F3N5O2.C30H28F3N5O2/c1-21-5-10-27(14-23(21)7-6-22-13-26-15-28(20-43-4)38-31(26)37-17-22)39-32(42)24-8-9-25(30(16-24)33(34,35)36)18-41-12-11-29(19-41)40(2)3;1-18-4-7-25(10-21(18)6-5-20-8-22-11-26(16-40-3)36-28(22)34-14-20)37-29(39)23-9-24(30(31,32)33)13-27(12-23)38-15-19(2)35-17-38/h5,8-10,13-17,29H,6-7,11-12,18-20H2,1-4H3,(H,37,38)(H,39,42);4,7-15,17H,5-6,16H2,1-3H3,(H,34,36)(H,37,39). The van der Waals surface area contributed by atoms with Gasteiger partial charge < -0.3 is 39.5 Å². The van der Waals surface area contributed by atoms with Gasteiger partial charge in [0.05, 0.1) is 36.4 Å². The number of amides is 2. The van der Waals surface area contributed by atoms with Crippen LogP contribution in [0.15, 0.2) is 122 Å². The highest BCUT2D eigenvalue weighted by atomic mass is 19.4. The van der Waals surface area contributed by atoms with E-state index in [4.69, 9.17) is 9.47 Å². The average molecular weight is 1140 g/mol. The minimum atomic E-state index is -4.61. The highest BCUT2D eigenvalue weighted by molar-refractivity contribution is 6.05. The summed E-state index contributed by atoms with van der Waals surface area (Å²) in [7, 11) is 7.26. The molecule has 0 radical (unpaired) electrons. The van der Waals surface area contributed by atoms with Crippen molar-refractivity contribution in [1.29, 1.82) is 0 Å². The van der Waals surface area contributed by atoms with Crippen molar-refractivity contribution >= 4 is 45.3 Å². The maximum absolute atomic E-state index is 14.1. The minimum absolute atomic E-state index is 0.0236. The van der Waals surface area contributed by atoms with E-state index in [0.717, 1.165) is 124 Å². The predicted octanol–water partition coefficient (Wildman–Crippen LogP) is 12.8. The second-order valence-electron chi connectivity index (χ2n) is 21.4. The number of alkyl halides is 6. The van der Waals surface area contributed by atoms with Crippen molar-refractivity contribution in [2.45, 2.75) is 91.0 Å². The maximum atomic E-state index is 14.1. The lowest BCUT2D eigenvalue weighted by atomic mass is 10.00. The number of halogens is 6. The Morgan fingerprint density at radius 1 is 0.651 bits per heavy atom. The number of benzene rings is 4. The average Bonchev–Trinajstić information content (AvgIpc) is 4.36. The monoisotopic (exact) mass is 1140 g/mol. The summed E-state index contributed by atoms with van der Waals surface area (Å²) in [6, 6.07) is 26.8. The normalized spacial score (nSPS) is 13.9. The summed E-state index contributed by atoms with van der Waals surface area (Å²) in [4.78, 5) is 49.9. The van der Waals surface area contributed by atoms with E-state index in [9.17, 15) is 35.9 Å². The van der Waals surface area contributed by atoms with Crippen molar-refractivity contribution in [1.82, 2.24) is 39.3 Å². The van der Waals surface area contributed by atoms with E-state index in [1.807, 2.05) is 81.6 Å². The molecule has 1 unspecified atom stereocenters. The van der Waals surface area contributed by atoms with Gasteiger partial charge >= 0.3 is 12.4 Å². The lowest BCUT2D eigenvalue weighted by Crippen LogP contribution is -2.31. The van der Waals surface area contributed by atoms with Crippen LogP contribution in [-0.2, 0) is 67.3 Å². The number of methoxy groups -OCH3 is 2. The van der Waals surface area contributed by atoms with Crippen LogP contribution in [0.4, 0.5) is 37.7 Å². The van der Waals surface area contributed by atoms with Crippen LogP contribution in [0.5, 0.6) is 0 Å². The number of anilines is 2. The molecule has 2 amide bonds. The summed E-state index contributed by atoms with van der Waals surface area (Å²) in [5.74, 6) is -1.21. The molecule has 0 spiro atoms. The van der Waals surface area contributed by atoms with E-state index in [1.165, 1.54) is 29.1 Å². The van der Waals surface area contributed by atoms with Crippen LogP contribution in [-0.4, -0.2) is 98.5 Å². The molecular weight excluding hydrogens is 1070 g/mol. The molecule has 0 aliphatic carbocycles. The molecule has 1 saturated heterocycles. The number of nitrogens with one attached hydrogen (secondary N) is 4. The van der Waals surface area contributed by atoms with Gasteiger partial charge in [-0.25, -0.2) is 15.0 Å². The topological polar surface area (TPSA) is 158 Å². The summed E-state index contributed by atoms with van der Waals surface area (Å²) in [6.45, 7) is 8.34. The smallest absolute Gasteiger partial charge is 0.378 e. The van der Waals surface area contributed by atoms with Gasteiger partial charge in [0, 0.05) is 109 Å². The Balaban J connectivity index is 0.000000200. The lowest BCUT2D eigenvalue weighted by molar-refractivity contribution is -0.139. The molecule has 0 bridgehead atoms. The van der Waals surface area contributed by atoms with Gasteiger partial charge in [-0.3, -0.25) is 14.5 Å². The number of H-pyrrole nitrogens is 2. The van der Waals surface area contributed by atoms with E-state index < -0.39 is 35.3 Å². The fourth-order valence-corrected chi connectivity index (χ4v) is 10.3. The molecule has 14 nitrogen and oxygen atoms in total. The number of imidazole rings is 1. The first-order valence-corrected chi connectivity index (χ1v) is 27.1. The number of carbonyl (C=O) groups is 2. The number of carbonyl (C=O) groups excluding carboxylic acids is 2. The molecule has 20 heteroatoms. The first kappa shape index (κ1) is 59.5. The highest BCUT2D eigenvalue weighted by Crippen LogP contribution is 2.35. The summed E-state index contributed by atoms with van der Waals surface area (Å²) in [5, 5.41) is 7.59. The third-order valence-electron chi connectivity index (χ3n) is 14.9. The molecule has 9 aromatic rings. The number of fused-ring (bicyclic) bond motifs is 2. The molecular formula is C63H66F6N10O4. The number of likely N-dealkylation sites (N-methyl/N-ethyl adjacent to an activating group) is 1. The van der Waals surface area contributed by atoms with Gasteiger partial charge in [0.2, 0.25) is 0 Å². The maximum Gasteiger partial charge on any atom is 0.416 e. The van der Waals surface area contributed by atoms with Crippen LogP contribution < -0.4 is 10.6 Å². The number of rotatable bonds is 18. The van der Waals surface area contributed by atoms with E-state index in [2.05, 4.69) is 52.6 Å². The van der Waals surface area contributed by atoms with Crippen LogP contribution in [0.2, 0.25) is 0 Å². The van der Waals surface area contributed by atoms with Crippen molar-refractivity contribution in [3.05, 3.63) is 200 Å². The third-order valence-corrected chi connectivity index (χ3v) is 14.9. The molecule has 4 N–H and O–H groups in total. The quantitative estimate of drug-likeness (QED) is 0.0614. The fraction of sp³-hybridized carbons (Fsp3) is 0.317. The zero-order valence-electron chi connectivity index (χ0n) is 47.3. The summed E-state index contributed by atoms with van der Waals surface area (Å²) in [5.41, 5.74) is 10.1. The third kappa shape index (κ3) is 15.1. The van der Waals surface area contributed by atoms with Gasteiger partial charge in [-0.15, -0.1) is 0 Å². The van der Waals surface area contributed by atoms with Gasteiger partial charge in [-0.05, 0) is 185 Å². The van der Waals surface area contributed by atoms with Gasteiger partial charge in [0.15, 0.2) is 0 Å². The SMILES string of the molecule is COCc1cc2cc(CCc3cc(NC(=O)c4cc(-n5cnc(C)c5)cc(C(F)(F)F)c4)ccc3C)cnc2[nH]1.COCc1cc2cc(CCc3cc(NC(=O)c4ccc(CN5CCC(N(C)C)C5)c(C(F)(F)F)c4)ccc3C)cnc2[nH]1. The number of likely N-dealkylation sites (tertiary alicyclic amines) is 1. The number of hydrogen-bond donors (Lipinski definition) is 4. The van der Waals surface area contributed by atoms with Crippen molar-refractivity contribution in [3.63, 3.8) is 0 Å². The van der Waals surface area contributed by atoms with Gasteiger partial charge in [0.1, 0.15) is 11.3 Å².